The predicted molar refractivity (Wildman–Crippen MR) is 110 cm³/mol. The first kappa shape index (κ1) is 19.7. The lowest BCUT2D eigenvalue weighted by atomic mass is 10.1. The van der Waals surface area contributed by atoms with Gasteiger partial charge < -0.3 is 13.7 Å². The average Bonchev–Trinajstić information content (AvgIpc) is 3.42. The van der Waals surface area contributed by atoms with Crippen LogP contribution in [0.25, 0.3) is 11.6 Å². The summed E-state index contributed by atoms with van der Waals surface area (Å²) in [6.07, 6.45) is 1.77. The molecule has 0 radical (unpaired) electrons. The molecule has 0 aliphatic carbocycles. The summed E-state index contributed by atoms with van der Waals surface area (Å²) < 4.78 is 44.7. The van der Waals surface area contributed by atoms with Crippen molar-refractivity contribution >= 4 is 15.7 Å². The fourth-order valence-electron chi connectivity index (χ4n) is 2.92. The van der Waals surface area contributed by atoms with Gasteiger partial charge in [-0.05, 0) is 42.8 Å². The number of sulfonamides is 1. The largest absolute Gasteiger partial charge is 0.492 e. The number of anilines is 1. The second kappa shape index (κ2) is 8.42. The number of para-hydroxylation sites is 2. The summed E-state index contributed by atoms with van der Waals surface area (Å²) in [6.45, 7) is 2.16. The first-order valence-electron chi connectivity index (χ1n) is 9.26. The molecule has 0 aliphatic heterocycles. The topological polar surface area (TPSA) is 107 Å². The molecule has 9 heteroatoms. The zero-order valence-corrected chi connectivity index (χ0v) is 16.9. The highest BCUT2D eigenvalue weighted by atomic mass is 32.2. The van der Waals surface area contributed by atoms with Gasteiger partial charge in [0.05, 0.1) is 25.0 Å². The Morgan fingerprint density at radius 2 is 1.83 bits per heavy atom. The lowest BCUT2D eigenvalue weighted by Gasteiger charge is -2.14. The molecule has 1 N–H and O–H groups in total. The molecule has 2 heterocycles. The van der Waals surface area contributed by atoms with Crippen molar-refractivity contribution in [3.8, 4) is 17.3 Å². The monoisotopic (exact) mass is 425 g/mol. The van der Waals surface area contributed by atoms with Crippen LogP contribution in [0.4, 0.5) is 5.69 Å². The number of nitrogens with zero attached hydrogens (tertiary/aromatic N) is 2. The summed E-state index contributed by atoms with van der Waals surface area (Å²) in [4.78, 5) is 4.38. The maximum atomic E-state index is 13.0. The van der Waals surface area contributed by atoms with Gasteiger partial charge in [-0.25, -0.2) is 8.42 Å². The molecule has 0 fully saturated rings. The minimum atomic E-state index is -3.87. The van der Waals surface area contributed by atoms with E-state index in [1.165, 1.54) is 12.3 Å². The van der Waals surface area contributed by atoms with E-state index in [0.717, 1.165) is 0 Å². The Balaban J connectivity index is 1.60. The van der Waals surface area contributed by atoms with Gasteiger partial charge in [0, 0.05) is 0 Å². The summed E-state index contributed by atoms with van der Waals surface area (Å²) in [5, 5.41) is 3.90. The van der Waals surface area contributed by atoms with Crippen molar-refractivity contribution in [1.29, 1.82) is 0 Å². The highest BCUT2D eigenvalue weighted by Gasteiger charge is 2.21. The third-order valence-corrected chi connectivity index (χ3v) is 5.66. The summed E-state index contributed by atoms with van der Waals surface area (Å²) in [6, 6.07) is 17.0. The number of hydrogen-bond donors (Lipinski definition) is 1. The first-order valence-corrected chi connectivity index (χ1v) is 10.7. The van der Waals surface area contributed by atoms with Crippen molar-refractivity contribution < 1.29 is 22.1 Å². The maximum Gasteiger partial charge on any atom is 0.265 e. The maximum absolute atomic E-state index is 13.0. The predicted octanol–water partition coefficient (Wildman–Crippen LogP) is 4.12. The summed E-state index contributed by atoms with van der Waals surface area (Å²) in [5.41, 5.74) is 1.10. The van der Waals surface area contributed by atoms with Crippen molar-refractivity contribution in [2.45, 2.75) is 18.2 Å². The smallest absolute Gasteiger partial charge is 0.265 e. The van der Waals surface area contributed by atoms with Crippen LogP contribution in [0.5, 0.6) is 5.75 Å². The third kappa shape index (κ3) is 4.20. The Morgan fingerprint density at radius 1 is 1.03 bits per heavy atom. The van der Waals surface area contributed by atoms with Gasteiger partial charge in [-0.1, -0.05) is 35.5 Å². The van der Waals surface area contributed by atoms with E-state index in [0.29, 0.717) is 41.1 Å². The molecule has 2 aromatic heterocycles. The van der Waals surface area contributed by atoms with Gasteiger partial charge in [0.1, 0.15) is 10.6 Å². The first-order chi connectivity index (χ1) is 14.6. The van der Waals surface area contributed by atoms with Crippen molar-refractivity contribution in [2.75, 3.05) is 11.3 Å². The molecule has 0 aliphatic rings. The lowest BCUT2D eigenvalue weighted by molar-refractivity contribution is 0.331. The molecular formula is C21H19N3O5S. The number of nitrogens with one attached hydrogen (secondary N) is 1. The van der Waals surface area contributed by atoms with Crippen molar-refractivity contribution in [3.05, 3.63) is 78.4 Å². The fraction of sp³-hybridized carbons (Fsp3) is 0.143. The van der Waals surface area contributed by atoms with Crippen LogP contribution in [0.15, 0.2) is 80.8 Å². The van der Waals surface area contributed by atoms with E-state index >= 15 is 0 Å². The van der Waals surface area contributed by atoms with Crippen molar-refractivity contribution in [3.63, 3.8) is 0 Å². The molecule has 0 atom stereocenters. The Bertz CT molecular complexity index is 1230. The third-order valence-electron chi connectivity index (χ3n) is 4.25. The van der Waals surface area contributed by atoms with Gasteiger partial charge in [-0.15, -0.1) is 0 Å². The van der Waals surface area contributed by atoms with E-state index in [2.05, 4.69) is 14.9 Å². The second-order valence-corrected chi connectivity index (χ2v) is 7.96. The van der Waals surface area contributed by atoms with Crippen LogP contribution >= 0.6 is 0 Å². The van der Waals surface area contributed by atoms with Gasteiger partial charge in [0.25, 0.3) is 10.0 Å². The highest BCUT2D eigenvalue weighted by Crippen LogP contribution is 2.28. The average molecular weight is 425 g/mol. The zero-order valence-electron chi connectivity index (χ0n) is 16.1. The molecule has 0 saturated carbocycles. The summed E-state index contributed by atoms with van der Waals surface area (Å²) >= 11 is 0. The molecule has 0 unspecified atom stereocenters. The number of hydrogen-bond acceptors (Lipinski definition) is 7. The van der Waals surface area contributed by atoms with Crippen LogP contribution in [-0.2, 0) is 16.4 Å². The quantitative estimate of drug-likeness (QED) is 0.452. The van der Waals surface area contributed by atoms with Gasteiger partial charge in [-0.2, -0.15) is 4.98 Å². The van der Waals surface area contributed by atoms with Gasteiger partial charge in [0.2, 0.25) is 11.7 Å². The molecule has 30 heavy (non-hydrogen) atoms. The standard InChI is InChI=1S/C21H19N3O5S/c1-2-27-17-10-5-6-12-19(17)30(25,26)24-16-9-4-3-8-15(16)14-20-22-21(23-29-20)18-11-7-13-28-18/h3-13,24H,2,14H2,1H3. The molecular weight excluding hydrogens is 406 g/mol. The highest BCUT2D eigenvalue weighted by molar-refractivity contribution is 7.92. The molecule has 2 aromatic carbocycles. The SMILES string of the molecule is CCOc1ccccc1S(=O)(=O)Nc1ccccc1Cc1nc(-c2ccco2)no1. The molecule has 4 aromatic rings. The number of aromatic nitrogens is 2. The number of rotatable bonds is 8. The zero-order chi connectivity index (χ0) is 21.0. The van der Waals surface area contributed by atoms with Crippen LogP contribution < -0.4 is 9.46 Å². The molecule has 154 valence electrons. The Kier molecular flexibility index (Phi) is 5.53. The number of benzene rings is 2. The second-order valence-electron chi connectivity index (χ2n) is 6.31. The summed E-state index contributed by atoms with van der Waals surface area (Å²) in [5.74, 6) is 1.46. The lowest BCUT2D eigenvalue weighted by Crippen LogP contribution is -2.15. The van der Waals surface area contributed by atoms with Gasteiger partial charge in [-0.3, -0.25) is 4.72 Å². The van der Waals surface area contributed by atoms with E-state index in [4.69, 9.17) is 13.7 Å². The Hall–Kier alpha value is -3.59. The molecule has 0 spiro atoms. The van der Waals surface area contributed by atoms with E-state index in [1.54, 1.807) is 55.5 Å². The van der Waals surface area contributed by atoms with E-state index < -0.39 is 10.0 Å². The molecule has 0 saturated heterocycles. The number of furan rings is 1. The van der Waals surface area contributed by atoms with Crippen molar-refractivity contribution in [1.82, 2.24) is 10.1 Å². The van der Waals surface area contributed by atoms with E-state index in [9.17, 15) is 8.42 Å². The van der Waals surface area contributed by atoms with E-state index in [-0.39, 0.29) is 11.3 Å². The van der Waals surface area contributed by atoms with Crippen LogP contribution in [0, 0.1) is 0 Å². The van der Waals surface area contributed by atoms with Crippen LogP contribution in [0.3, 0.4) is 0 Å². The minimum Gasteiger partial charge on any atom is -0.492 e. The van der Waals surface area contributed by atoms with Crippen LogP contribution in [0.1, 0.15) is 18.4 Å². The molecule has 0 bridgehead atoms. The molecule has 0 amide bonds. The molecule has 4 rings (SSSR count). The van der Waals surface area contributed by atoms with Crippen LogP contribution in [-0.4, -0.2) is 25.2 Å². The number of ether oxygens (including phenoxy) is 1. The van der Waals surface area contributed by atoms with Gasteiger partial charge in [0.15, 0.2) is 5.76 Å². The Morgan fingerprint density at radius 3 is 2.63 bits per heavy atom. The van der Waals surface area contributed by atoms with Gasteiger partial charge >= 0.3 is 0 Å². The van der Waals surface area contributed by atoms with Crippen LogP contribution in [0.2, 0.25) is 0 Å². The molecule has 8 nitrogen and oxygen atoms in total. The van der Waals surface area contributed by atoms with E-state index in [1.807, 2.05) is 6.07 Å². The minimum absolute atomic E-state index is 0.0690. The summed E-state index contributed by atoms with van der Waals surface area (Å²) in [7, 11) is -3.87. The normalized spacial score (nSPS) is 11.4. The Labute approximate surface area is 173 Å². The fourth-order valence-corrected chi connectivity index (χ4v) is 4.16. The van der Waals surface area contributed by atoms with Crippen molar-refractivity contribution in [2.24, 2.45) is 0 Å².